The number of hydrogen-bond donors (Lipinski definition) is 2. The van der Waals surface area contributed by atoms with Crippen molar-refractivity contribution in [2.75, 3.05) is 0 Å². The average Bonchev–Trinajstić information content (AvgIpc) is 1.65. The molecule has 0 spiro atoms. The minimum absolute atomic E-state index is 0.233. The summed E-state index contributed by atoms with van der Waals surface area (Å²) in [5.74, 6) is -0.233. The fraction of sp³-hybridized carbons (Fsp3) is 0.250. The molecular formula is C4H7NOS. The van der Waals surface area contributed by atoms with E-state index in [1.54, 1.807) is 6.92 Å². The zero-order valence-electron chi connectivity index (χ0n) is 4.06. The van der Waals surface area contributed by atoms with Gasteiger partial charge in [-0.05, 0) is 6.92 Å². The molecule has 0 saturated carbocycles. The van der Waals surface area contributed by atoms with Crippen molar-refractivity contribution in [1.29, 1.82) is 0 Å². The molecule has 0 fully saturated rings. The first-order chi connectivity index (χ1) is 3.18. The number of carbonyl (C=O) groups is 1. The summed E-state index contributed by atoms with van der Waals surface area (Å²) in [6, 6.07) is 0. The molecule has 7 heavy (non-hydrogen) atoms. The highest BCUT2D eigenvalue weighted by Crippen LogP contribution is 1.84. The van der Waals surface area contributed by atoms with Crippen LogP contribution in [0.3, 0.4) is 0 Å². The van der Waals surface area contributed by atoms with Gasteiger partial charge in [0.1, 0.15) is 0 Å². The van der Waals surface area contributed by atoms with Crippen LogP contribution in [-0.2, 0) is 4.79 Å². The SMILES string of the molecule is C=C(C)C(=O)NS. The molecule has 0 radical (unpaired) electrons. The topological polar surface area (TPSA) is 29.1 Å². The van der Waals surface area contributed by atoms with E-state index in [0.717, 1.165) is 0 Å². The van der Waals surface area contributed by atoms with E-state index in [1.807, 2.05) is 0 Å². The summed E-state index contributed by atoms with van der Waals surface area (Å²) >= 11 is 3.49. The largest absolute Gasteiger partial charge is 0.299 e. The van der Waals surface area contributed by atoms with Crippen molar-refractivity contribution in [1.82, 2.24) is 4.72 Å². The van der Waals surface area contributed by atoms with E-state index in [0.29, 0.717) is 5.57 Å². The van der Waals surface area contributed by atoms with E-state index in [9.17, 15) is 4.79 Å². The summed E-state index contributed by atoms with van der Waals surface area (Å²) in [5.41, 5.74) is 0.468. The Morgan fingerprint density at radius 3 is 2.29 bits per heavy atom. The molecule has 0 aromatic carbocycles. The number of carbonyl (C=O) groups excluding carboxylic acids is 1. The molecular weight excluding hydrogens is 110 g/mol. The molecule has 0 bridgehead atoms. The van der Waals surface area contributed by atoms with Crippen LogP contribution in [0.1, 0.15) is 6.92 Å². The summed E-state index contributed by atoms with van der Waals surface area (Å²) in [4.78, 5) is 10.2. The van der Waals surface area contributed by atoms with Gasteiger partial charge in [0.2, 0.25) is 0 Å². The Balaban J connectivity index is 3.58. The maximum absolute atomic E-state index is 10.2. The Bertz CT molecular complexity index is 99.9. The van der Waals surface area contributed by atoms with Gasteiger partial charge in [-0.15, -0.1) is 0 Å². The van der Waals surface area contributed by atoms with Gasteiger partial charge >= 0.3 is 0 Å². The van der Waals surface area contributed by atoms with Crippen LogP contribution < -0.4 is 4.72 Å². The van der Waals surface area contributed by atoms with E-state index in [1.165, 1.54) is 0 Å². The third-order valence-electron chi connectivity index (χ3n) is 0.489. The fourth-order valence-electron chi connectivity index (χ4n) is 0.0954. The molecule has 0 aliphatic carbocycles. The van der Waals surface area contributed by atoms with Gasteiger partial charge in [-0.3, -0.25) is 9.52 Å². The van der Waals surface area contributed by atoms with Gasteiger partial charge in [-0.1, -0.05) is 19.4 Å². The second-order valence-corrected chi connectivity index (χ2v) is 1.44. The lowest BCUT2D eigenvalue weighted by atomic mass is 10.3. The van der Waals surface area contributed by atoms with Gasteiger partial charge in [0, 0.05) is 5.57 Å². The third-order valence-corrected chi connectivity index (χ3v) is 0.692. The minimum Gasteiger partial charge on any atom is -0.299 e. The summed E-state index contributed by atoms with van der Waals surface area (Å²) in [6.07, 6.45) is 0. The van der Waals surface area contributed by atoms with Crippen molar-refractivity contribution in [3.8, 4) is 0 Å². The summed E-state index contributed by atoms with van der Waals surface area (Å²) in [7, 11) is 0. The van der Waals surface area contributed by atoms with Crippen molar-refractivity contribution in [2.24, 2.45) is 0 Å². The first-order valence-electron chi connectivity index (χ1n) is 1.78. The molecule has 0 unspecified atom stereocenters. The van der Waals surface area contributed by atoms with Crippen molar-refractivity contribution in [3.63, 3.8) is 0 Å². The smallest absolute Gasteiger partial charge is 0.255 e. The predicted octanol–water partition coefficient (Wildman–Crippen LogP) is 0.523. The number of rotatable bonds is 1. The highest BCUT2D eigenvalue weighted by atomic mass is 32.1. The third kappa shape index (κ3) is 2.28. The van der Waals surface area contributed by atoms with Crippen molar-refractivity contribution < 1.29 is 4.79 Å². The van der Waals surface area contributed by atoms with E-state index in [4.69, 9.17) is 0 Å². The van der Waals surface area contributed by atoms with E-state index >= 15 is 0 Å². The second-order valence-electron chi connectivity index (χ2n) is 1.22. The van der Waals surface area contributed by atoms with Gasteiger partial charge < -0.3 is 0 Å². The highest BCUT2D eigenvalue weighted by molar-refractivity contribution is 7.78. The Kier molecular flexibility index (Phi) is 2.52. The van der Waals surface area contributed by atoms with E-state index in [2.05, 4.69) is 24.1 Å². The zero-order valence-corrected chi connectivity index (χ0v) is 4.96. The number of amides is 1. The Labute approximate surface area is 48.1 Å². The van der Waals surface area contributed by atoms with Crippen LogP contribution in [0, 0.1) is 0 Å². The summed E-state index contributed by atoms with van der Waals surface area (Å²) < 4.78 is 2.12. The summed E-state index contributed by atoms with van der Waals surface area (Å²) in [5, 5.41) is 0. The number of thiol groups is 1. The Hall–Kier alpha value is -0.440. The molecule has 0 aliphatic rings. The molecule has 0 aromatic rings. The Morgan fingerprint density at radius 2 is 2.29 bits per heavy atom. The van der Waals surface area contributed by atoms with Crippen LogP contribution in [-0.4, -0.2) is 5.91 Å². The van der Waals surface area contributed by atoms with Crippen LogP contribution in [0.2, 0.25) is 0 Å². The van der Waals surface area contributed by atoms with Crippen LogP contribution in [0.4, 0.5) is 0 Å². The van der Waals surface area contributed by atoms with Crippen LogP contribution in [0.25, 0.3) is 0 Å². The number of nitrogens with one attached hydrogen (secondary N) is 1. The molecule has 0 atom stereocenters. The number of hydrogen-bond acceptors (Lipinski definition) is 2. The fourth-order valence-corrected chi connectivity index (χ4v) is 0.286. The maximum Gasteiger partial charge on any atom is 0.255 e. The molecule has 3 heteroatoms. The molecule has 0 rings (SSSR count). The lowest BCUT2D eigenvalue weighted by Crippen LogP contribution is -2.11. The quantitative estimate of drug-likeness (QED) is 0.380. The molecule has 1 N–H and O–H groups in total. The van der Waals surface area contributed by atoms with Crippen molar-refractivity contribution in [3.05, 3.63) is 12.2 Å². The van der Waals surface area contributed by atoms with Gasteiger partial charge in [0.25, 0.3) is 5.91 Å². The highest BCUT2D eigenvalue weighted by Gasteiger charge is 1.93. The molecule has 0 heterocycles. The standard InChI is InChI=1S/C4H7NOS/c1-3(2)4(6)5-7/h7H,1H2,2H3,(H,5,6). The lowest BCUT2D eigenvalue weighted by Gasteiger charge is -1.90. The monoisotopic (exact) mass is 117 g/mol. The molecule has 40 valence electrons. The molecule has 0 aromatic heterocycles. The Morgan fingerprint density at radius 1 is 1.86 bits per heavy atom. The molecule has 0 aliphatic heterocycles. The molecule has 0 saturated heterocycles. The minimum atomic E-state index is -0.233. The normalized spacial score (nSPS) is 7.71. The lowest BCUT2D eigenvalue weighted by molar-refractivity contribution is -0.115. The van der Waals surface area contributed by atoms with Crippen LogP contribution in [0.5, 0.6) is 0 Å². The second kappa shape index (κ2) is 2.69. The average molecular weight is 117 g/mol. The molecule has 1 amide bonds. The maximum atomic E-state index is 10.2. The van der Waals surface area contributed by atoms with Crippen LogP contribution in [0.15, 0.2) is 12.2 Å². The van der Waals surface area contributed by atoms with Gasteiger partial charge in [0.05, 0.1) is 0 Å². The molecule has 2 nitrogen and oxygen atoms in total. The van der Waals surface area contributed by atoms with Crippen LogP contribution >= 0.6 is 12.8 Å². The van der Waals surface area contributed by atoms with E-state index in [-0.39, 0.29) is 5.91 Å². The van der Waals surface area contributed by atoms with Gasteiger partial charge in [-0.25, -0.2) is 0 Å². The zero-order chi connectivity index (χ0) is 5.86. The van der Waals surface area contributed by atoms with Gasteiger partial charge in [0.15, 0.2) is 0 Å². The first kappa shape index (κ1) is 6.56. The van der Waals surface area contributed by atoms with E-state index < -0.39 is 0 Å². The van der Waals surface area contributed by atoms with Crippen molar-refractivity contribution >= 4 is 18.7 Å². The first-order valence-corrected chi connectivity index (χ1v) is 2.23. The van der Waals surface area contributed by atoms with Crippen molar-refractivity contribution in [2.45, 2.75) is 6.92 Å². The van der Waals surface area contributed by atoms with Gasteiger partial charge in [-0.2, -0.15) is 0 Å². The predicted molar refractivity (Wildman–Crippen MR) is 31.9 cm³/mol. The summed E-state index contributed by atoms with van der Waals surface area (Å²) in [6.45, 7) is 4.98.